The Labute approximate surface area is 106 Å². The molecule has 7 heteroatoms. The first-order chi connectivity index (χ1) is 8.27. The van der Waals surface area contributed by atoms with Crippen LogP contribution in [-0.2, 0) is 14.8 Å². The van der Waals surface area contributed by atoms with Crippen LogP contribution in [0.4, 0.5) is 10.1 Å². The minimum Gasteiger partial charge on any atom is -0.399 e. The van der Waals surface area contributed by atoms with Crippen LogP contribution in [0.5, 0.6) is 0 Å². The Hall–Kier alpha value is -1.18. The molecule has 3 N–H and O–H groups in total. The second-order valence-corrected chi connectivity index (χ2v) is 5.79. The lowest BCUT2D eigenvalue weighted by atomic mass is 10.2. The summed E-state index contributed by atoms with van der Waals surface area (Å²) in [6.45, 7) is 3.27. The molecule has 5 nitrogen and oxygen atoms in total. The third kappa shape index (κ3) is 3.41. The minimum atomic E-state index is -3.81. The fourth-order valence-corrected chi connectivity index (χ4v) is 3.08. The van der Waals surface area contributed by atoms with Crippen molar-refractivity contribution in [3.63, 3.8) is 0 Å². The third-order valence-electron chi connectivity index (χ3n) is 2.38. The molecule has 1 rings (SSSR count). The number of anilines is 1. The van der Waals surface area contributed by atoms with Gasteiger partial charge in [-0.25, -0.2) is 17.5 Å². The summed E-state index contributed by atoms with van der Waals surface area (Å²) < 4.78 is 44.8. The highest BCUT2D eigenvalue weighted by atomic mass is 32.2. The molecule has 18 heavy (non-hydrogen) atoms. The number of ether oxygens (including phenoxy) is 1. The van der Waals surface area contributed by atoms with Gasteiger partial charge in [-0.15, -0.1) is 0 Å². The summed E-state index contributed by atoms with van der Waals surface area (Å²) in [6.07, 6.45) is 0. The zero-order valence-electron chi connectivity index (χ0n) is 10.5. The van der Waals surface area contributed by atoms with Crippen molar-refractivity contribution in [2.75, 3.05) is 19.5 Å². The summed E-state index contributed by atoms with van der Waals surface area (Å²) >= 11 is 0. The molecule has 0 amide bonds. The third-order valence-corrected chi connectivity index (χ3v) is 4.10. The van der Waals surface area contributed by atoms with Crippen molar-refractivity contribution in [3.05, 3.63) is 23.5 Å². The molecule has 1 aromatic carbocycles. The first-order valence-corrected chi connectivity index (χ1v) is 6.83. The number of halogens is 1. The maximum atomic E-state index is 13.5. The van der Waals surface area contributed by atoms with E-state index >= 15 is 0 Å². The van der Waals surface area contributed by atoms with Crippen LogP contribution in [0.25, 0.3) is 0 Å². The maximum Gasteiger partial charge on any atom is 0.241 e. The van der Waals surface area contributed by atoms with Crippen LogP contribution < -0.4 is 10.5 Å². The number of sulfonamides is 1. The van der Waals surface area contributed by atoms with Gasteiger partial charge >= 0.3 is 0 Å². The van der Waals surface area contributed by atoms with E-state index in [2.05, 4.69) is 4.72 Å². The van der Waals surface area contributed by atoms with Crippen LogP contribution in [0, 0.1) is 12.7 Å². The molecule has 0 heterocycles. The van der Waals surface area contributed by atoms with Gasteiger partial charge in [0.2, 0.25) is 10.0 Å². The van der Waals surface area contributed by atoms with Crippen molar-refractivity contribution in [1.82, 2.24) is 4.72 Å². The Morgan fingerprint density at radius 1 is 1.50 bits per heavy atom. The number of methoxy groups -OCH3 is 1. The maximum absolute atomic E-state index is 13.5. The molecule has 0 aliphatic carbocycles. The SMILES string of the molecule is COCC(C)NS(=O)(=O)c1cc(N)cc(F)c1C. The van der Waals surface area contributed by atoms with Gasteiger partial charge in [-0.05, 0) is 26.0 Å². The van der Waals surface area contributed by atoms with E-state index in [-0.39, 0.29) is 22.8 Å². The van der Waals surface area contributed by atoms with Gasteiger partial charge in [0.25, 0.3) is 0 Å². The number of hydrogen-bond donors (Lipinski definition) is 2. The highest BCUT2D eigenvalue weighted by Crippen LogP contribution is 2.21. The van der Waals surface area contributed by atoms with Gasteiger partial charge in [0.05, 0.1) is 11.5 Å². The van der Waals surface area contributed by atoms with Crippen molar-refractivity contribution >= 4 is 15.7 Å². The van der Waals surface area contributed by atoms with E-state index in [9.17, 15) is 12.8 Å². The molecule has 0 bridgehead atoms. The lowest BCUT2D eigenvalue weighted by Gasteiger charge is -2.15. The average Bonchev–Trinajstić information content (AvgIpc) is 2.22. The molecule has 1 aromatic rings. The summed E-state index contributed by atoms with van der Waals surface area (Å²) in [5, 5.41) is 0. The molecule has 0 saturated carbocycles. The Bertz CT molecular complexity index is 531. The van der Waals surface area contributed by atoms with E-state index in [1.54, 1.807) is 6.92 Å². The lowest BCUT2D eigenvalue weighted by molar-refractivity contribution is 0.180. The molecule has 0 spiro atoms. The molecule has 0 aliphatic heterocycles. The number of nitrogen functional groups attached to an aromatic ring is 1. The fraction of sp³-hybridized carbons (Fsp3) is 0.455. The Morgan fingerprint density at radius 3 is 2.67 bits per heavy atom. The predicted molar refractivity (Wildman–Crippen MR) is 67.2 cm³/mol. The highest BCUT2D eigenvalue weighted by molar-refractivity contribution is 7.89. The van der Waals surface area contributed by atoms with Gasteiger partial charge in [0.1, 0.15) is 5.82 Å². The van der Waals surface area contributed by atoms with Crippen molar-refractivity contribution < 1.29 is 17.5 Å². The summed E-state index contributed by atoms with van der Waals surface area (Å²) in [6, 6.07) is 1.91. The number of nitrogens with one attached hydrogen (secondary N) is 1. The first-order valence-electron chi connectivity index (χ1n) is 5.35. The summed E-state index contributed by atoms with van der Waals surface area (Å²) in [5.74, 6) is -0.644. The van der Waals surface area contributed by atoms with Crippen molar-refractivity contribution in [1.29, 1.82) is 0 Å². The van der Waals surface area contributed by atoms with Gasteiger partial charge < -0.3 is 10.5 Å². The molecule has 0 aliphatic rings. The monoisotopic (exact) mass is 276 g/mol. The van der Waals surface area contributed by atoms with Gasteiger partial charge in [-0.1, -0.05) is 0 Å². The van der Waals surface area contributed by atoms with Crippen LogP contribution in [0.15, 0.2) is 17.0 Å². The summed E-state index contributed by atoms with van der Waals surface area (Å²) in [5.41, 5.74) is 5.57. The van der Waals surface area contributed by atoms with Gasteiger partial charge in [0.15, 0.2) is 0 Å². The first kappa shape index (κ1) is 14.9. The van der Waals surface area contributed by atoms with Crippen LogP contribution in [-0.4, -0.2) is 28.2 Å². The van der Waals surface area contributed by atoms with E-state index in [1.165, 1.54) is 20.1 Å². The molecular formula is C11H17FN2O3S. The molecule has 0 aromatic heterocycles. The quantitative estimate of drug-likeness (QED) is 0.787. The number of rotatable bonds is 5. The lowest BCUT2D eigenvalue weighted by Crippen LogP contribution is -2.36. The molecule has 0 fully saturated rings. The van der Waals surface area contributed by atoms with E-state index in [0.717, 1.165) is 6.07 Å². The van der Waals surface area contributed by atoms with Crippen molar-refractivity contribution in [2.24, 2.45) is 0 Å². The van der Waals surface area contributed by atoms with Crippen LogP contribution in [0.1, 0.15) is 12.5 Å². The molecule has 0 radical (unpaired) electrons. The van der Waals surface area contributed by atoms with E-state index in [4.69, 9.17) is 10.5 Å². The molecule has 102 valence electrons. The smallest absolute Gasteiger partial charge is 0.241 e. The molecule has 1 atom stereocenters. The zero-order chi connectivity index (χ0) is 13.9. The van der Waals surface area contributed by atoms with Crippen LogP contribution in [0.3, 0.4) is 0 Å². The fourth-order valence-electron chi connectivity index (χ4n) is 1.57. The van der Waals surface area contributed by atoms with E-state index < -0.39 is 21.9 Å². The number of hydrogen-bond acceptors (Lipinski definition) is 4. The average molecular weight is 276 g/mol. The van der Waals surface area contributed by atoms with Crippen molar-refractivity contribution in [3.8, 4) is 0 Å². The largest absolute Gasteiger partial charge is 0.399 e. The van der Waals surface area contributed by atoms with Crippen LogP contribution >= 0.6 is 0 Å². The van der Waals surface area contributed by atoms with Crippen LogP contribution in [0.2, 0.25) is 0 Å². The predicted octanol–water partition coefficient (Wildman–Crippen LogP) is 1.03. The molecular weight excluding hydrogens is 259 g/mol. The summed E-state index contributed by atoms with van der Waals surface area (Å²) in [4.78, 5) is -0.150. The minimum absolute atomic E-state index is 0.0429. The number of benzene rings is 1. The molecule has 0 saturated heterocycles. The Morgan fingerprint density at radius 2 is 2.11 bits per heavy atom. The second kappa shape index (κ2) is 5.64. The Balaban J connectivity index is 3.13. The van der Waals surface area contributed by atoms with Crippen molar-refractivity contribution in [2.45, 2.75) is 24.8 Å². The van der Waals surface area contributed by atoms with Gasteiger partial charge in [-0.3, -0.25) is 0 Å². The number of nitrogens with two attached hydrogens (primary N) is 1. The highest BCUT2D eigenvalue weighted by Gasteiger charge is 2.21. The Kier molecular flexibility index (Phi) is 4.66. The standard InChI is InChI=1S/C11H17FN2O3S/c1-7(6-17-3)14-18(15,16)11-5-9(13)4-10(12)8(11)2/h4-5,7,14H,6,13H2,1-3H3. The van der Waals surface area contributed by atoms with E-state index in [1.807, 2.05) is 0 Å². The second-order valence-electron chi connectivity index (χ2n) is 4.10. The molecule has 1 unspecified atom stereocenters. The van der Waals surface area contributed by atoms with Gasteiger partial charge in [0, 0.05) is 24.4 Å². The topological polar surface area (TPSA) is 81.4 Å². The van der Waals surface area contributed by atoms with Gasteiger partial charge in [-0.2, -0.15) is 0 Å². The normalized spacial score (nSPS) is 13.6. The zero-order valence-corrected chi connectivity index (χ0v) is 11.3. The van der Waals surface area contributed by atoms with E-state index in [0.29, 0.717) is 0 Å². The summed E-state index contributed by atoms with van der Waals surface area (Å²) in [7, 11) is -2.34.